The van der Waals surface area contributed by atoms with Gasteiger partial charge in [0.2, 0.25) is 0 Å². The summed E-state index contributed by atoms with van der Waals surface area (Å²) in [5, 5.41) is 5.31. The molecule has 0 saturated carbocycles. The second kappa shape index (κ2) is 5.06. The Morgan fingerprint density at radius 3 is 2.86 bits per heavy atom. The molecule has 4 heteroatoms. The highest BCUT2D eigenvalue weighted by atomic mass is 16.1. The minimum atomic E-state index is 0.0575. The number of likely N-dealkylation sites (N-methyl/N-ethyl adjacent to an activating group) is 1. The van der Waals surface area contributed by atoms with Gasteiger partial charge < -0.3 is 9.80 Å². The average molecular weight is 296 g/mol. The maximum absolute atomic E-state index is 12.8. The largest absolute Gasteiger partial charge is 0.343 e. The number of quaternary nitrogens is 1. The smallest absolute Gasteiger partial charge is 0.252 e. The Labute approximate surface area is 130 Å². The van der Waals surface area contributed by atoms with Crippen molar-refractivity contribution in [1.82, 2.24) is 10.3 Å². The Balaban J connectivity index is 1.59. The minimum Gasteiger partial charge on any atom is -0.343 e. The van der Waals surface area contributed by atoms with E-state index in [1.54, 1.807) is 6.20 Å². The molecule has 1 unspecified atom stereocenters. The summed E-state index contributed by atoms with van der Waals surface area (Å²) >= 11 is 0. The molecule has 1 aromatic heterocycles. The van der Waals surface area contributed by atoms with Crippen molar-refractivity contribution in [2.45, 2.75) is 18.9 Å². The van der Waals surface area contributed by atoms with E-state index >= 15 is 0 Å². The van der Waals surface area contributed by atoms with Crippen LogP contribution in [0.15, 0.2) is 36.7 Å². The Kier molecular flexibility index (Phi) is 3.15. The monoisotopic (exact) mass is 296 g/mol. The van der Waals surface area contributed by atoms with E-state index in [0.29, 0.717) is 12.0 Å². The standard InChI is InChI=1S/C18H21N3O/c1-21-9-6-13(7-10-21)17(12-21)20-18(22)16-4-2-3-14-11-19-8-5-15(14)16/h2-5,8,11,13,17H,6-7,9-10,12H2,1H3/p+1. The number of amides is 1. The molecule has 3 fully saturated rings. The lowest BCUT2D eigenvalue weighted by Crippen LogP contribution is -2.65. The highest BCUT2D eigenvalue weighted by molar-refractivity contribution is 6.06. The van der Waals surface area contributed by atoms with Gasteiger partial charge >= 0.3 is 0 Å². The summed E-state index contributed by atoms with van der Waals surface area (Å²) in [6, 6.07) is 8.09. The highest BCUT2D eigenvalue weighted by Crippen LogP contribution is 2.32. The van der Waals surface area contributed by atoms with Crippen molar-refractivity contribution < 1.29 is 9.28 Å². The fourth-order valence-electron chi connectivity index (χ4n) is 4.15. The van der Waals surface area contributed by atoms with Gasteiger partial charge in [0.1, 0.15) is 0 Å². The number of nitrogens with zero attached hydrogens (tertiary/aromatic N) is 2. The first-order valence-corrected chi connectivity index (χ1v) is 8.12. The number of hydrogen-bond acceptors (Lipinski definition) is 2. The Morgan fingerprint density at radius 1 is 1.27 bits per heavy atom. The highest BCUT2D eigenvalue weighted by Gasteiger charge is 2.43. The third-order valence-corrected chi connectivity index (χ3v) is 5.53. The van der Waals surface area contributed by atoms with Crippen molar-refractivity contribution in [3.63, 3.8) is 0 Å². The number of nitrogens with one attached hydrogen (secondary N) is 1. The molecule has 1 atom stereocenters. The summed E-state index contributed by atoms with van der Waals surface area (Å²) in [4.78, 5) is 16.9. The third kappa shape index (κ3) is 2.28. The zero-order chi connectivity index (χ0) is 15.2. The van der Waals surface area contributed by atoms with E-state index in [4.69, 9.17) is 0 Å². The number of piperidine rings is 3. The molecular formula is C18H22N3O+. The molecule has 4 heterocycles. The summed E-state index contributed by atoms with van der Waals surface area (Å²) in [6.07, 6.45) is 6.04. The van der Waals surface area contributed by atoms with Gasteiger partial charge in [0, 0.05) is 36.2 Å². The van der Waals surface area contributed by atoms with E-state index in [1.165, 1.54) is 25.9 Å². The molecular weight excluding hydrogens is 274 g/mol. The molecule has 22 heavy (non-hydrogen) atoms. The van der Waals surface area contributed by atoms with Gasteiger partial charge in [-0.2, -0.15) is 0 Å². The molecule has 2 bridgehead atoms. The van der Waals surface area contributed by atoms with Crippen molar-refractivity contribution >= 4 is 16.7 Å². The Bertz CT molecular complexity index is 714. The van der Waals surface area contributed by atoms with E-state index in [0.717, 1.165) is 27.4 Å². The maximum Gasteiger partial charge on any atom is 0.252 e. The van der Waals surface area contributed by atoms with Gasteiger partial charge in [0.15, 0.2) is 0 Å². The van der Waals surface area contributed by atoms with E-state index < -0.39 is 0 Å². The summed E-state index contributed by atoms with van der Waals surface area (Å²) in [5.41, 5.74) is 0.763. The molecule has 1 N–H and O–H groups in total. The normalized spacial score (nSPS) is 30.4. The predicted octanol–water partition coefficient (Wildman–Crippen LogP) is 2.20. The molecule has 114 valence electrons. The van der Waals surface area contributed by atoms with Crippen LogP contribution in [0.25, 0.3) is 10.8 Å². The number of rotatable bonds is 2. The number of benzene rings is 1. The van der Waals surface area contributed by atoms with Gasteiger partial charge in [0.05, 0.1) is 32.7 Å². The molecule has 0 spiro atoms. The second-order valence-corrected chi connectivity index (χ2v) is 7.07. The summed E-state index contributed by atoms with van der Waals surface area (Å²) in [6.45, 7) is 3.59. The topological polar surface area (TPSA) is 42.0 Å². The van der Waals surface area contributed by atoms with Crippen LogP contribution >= 0.6 is 0 Å². The van der Waals surface area contributed by atoms with E-state index in [1.807, 2.05) is 30.5 Å². The number of carbonyl (C=O) groups excluding carboxylic acids is 1. The third-order valence-electron chi connectivity index (χ3n) is 5.53. The van der Waals surface area contributed by atoms with Gasteiger partial charge in [0.25, 0.3) is 5.91 Å². The molecule has 4 nitrogen and oxygen atoms in total. The quantitative estimate of drug-likeness (QED) is 0.863. The van der Waals surface area contributed by atoms with E-state index in [2.05, 4.69) is 17.3 Å². The first-order valence-electron chi connectivity index (χ1n) is 8.12. The van der Waals surface area contributed by atoms with Crippen LogP contribution in [0.4, 0.5) is 0 Å². The first kappa shape index (κ1) is 13.7. The van der Waals surface area contributed by atoms with Crippen molar-refractivity contribution in [2.75, 3.05) is 26.7 Å². The van der Waals surface area contributed by atoms with Crippen molar-refractivity contribution in [3.8, 4) is 0 Å². The van der Waals surface area contributed by atoms with Crippen LogP contribution in [0.1, 0.15) is 23.2 Å². The molecule has 3 aliphatic rings. The molecule has 3 aliphatic heterocycles. The number of fused-ring (bicyclic) bond motifs is 4. The SMILES string of the molecule is C[N+]12CCC(CC1)C(NC(=O)c1cccc3cnccc13)C2. The van der Waals surface area contributed by atoms with Crippen LogP contribution in [-0.4, -0.2) is 48.1 Å². The van der Waals surface area contributed by atoms with Gasteiger partial charge in [-0.1, -0.05) is 12.1 Å². The summed E-state index contributed by atoms with van der Waals surface area (Å²) in [7, 11) is 2.32. The predicted molar refractivity (Wildman–Crippen MR) is 86.5 cm³/mol. The number of carbonyl (C=O) groups is 1. The van der Waals surface area contributed by atoms with Crippen molar-refractivity contribution in [1.29, 1.82) is 0 Å². The molecule has 3 saturated heterocycles. The van der Waals surface area contributed by atoms with Crippen LogP contribution in [0.3, 0.4) is 0 Å². The van der Waals surface area contributed by atoms with Crippen LogP contribution in [0.5, 0.6) is 0 Å². The van der Waals surface area contributed by atoms with E-state index in [-0.39, 0.29) is 5.91 Å². The summed E-state index contributed by atoms with van der Waals surface area (Å²) < 4.78 is 1.11. The molecule has 2 aromatic rings. The Morgan fingerprint density at radius 2 is 2.09 bits per heavy atom. The van der Waals surface area contributed by atoms with Crippen LogP contribution in [-0.2, 0) is 0 Å². The number of pyridine rings is 1. The second-order valence-electron chi connectivity index (χ2n) is 7.07. The van der Waals surface area contributed by atoms with Gasteiger partial charge in [-0.15, -0.1) is 0 Å². The lowest BCUT2D eigenvalue weighted by Gasteiger charge is -2.50. The molecule has 0 radical (unpaired) electrons. The van der Waals surface area contributed by atoms with Gasteiger partial charge in [-0.05, 0) is 23.4 Å². The zero-order valence-corrected chi connectivity index (χ0v) is 13.0. The maximum atomic E-state index is 12.8. The number of hydrogen-bond donors (Lipinski definition) is 1. The zero-order valence-electron chi connectivity index (χ0n) is 13.0. The van der Waals surface area contributed by atoms with Crippen LogP contribution in [0, 0.1) is 5.92 Å². The van der Waals surface area contributed by atoms with Crippen LogP contribution < -0.4 is 5.32 Å². The van der Waals surface area contributed by atoms with Crippen LogP contribution in [0.2, 0.25) is 0 Å². The first-order chi connectivity index (χ1) is 10.6. The van der Waals surface area contributed by atoms with Gasteiger partial charge in [-0.3, -0.25) is 9.78 Å². The lowest BCUT2D eigenvalue weighted by molar-refractivity contribution is -0.925. The van der Waals surface area contributed by atoms with Gasteiger partial charge in [-0.25, -0.2) is 0 Å². The number of aromatic nitrogens is 1. The fourth-order valence-corrected chi connectivity index (χ4v) is 4.15. The molecule has 5 rings (SSSR count). The minimum absolute atomic E-state index is 0.0575. The summed E-state index contributed by atoms with van der Waals surface area (Å²) in [5.74, 6) is 0.711. The van der Waals surface area contributed by atoms with E-state index in [9.17, 15) is 4.79 Å². The average Bonchev–Trinajstić information content (AvgIpc) is 2.54. The Hall–Kier alpha value is -1.94. The molecule has 1 aromatic carbocycles. The van der Waals surface area contributed by atoms with Crippen molar-refractivity contribution in [2.24, 2.45) is 5.92 Å². The molecule has 0 aliphatic carbocycles. The van der Waals surface area contributed by atoms with Crippen molar-refractivity contribution in [3.05, 3.63) is 42.2 Å². The lowest BCUT2D eigenvalue weighted by atomic mass is 9.82. The fraction of sp³-hybridized carbons (Fsp3) is 0.444. The molecule has 1 amide bonds.